The van der Waals surface area contributed by atoms with Gasteiger partial charge in [0.05, 0.1) is 0 Å². The second-order valence-corrected chi connectivity index (χ2v) is 4.31. The van der Waals surface area contributed by atoms with Gasteiger partial charge in [-0.2, -0.15) is 0 Å². The maximum absolute atomic E-state index is 8.64. The first-order valence-electron chi connectivity index (χ1n) is 5.64. The number of aliphatic hydroxyl groups is 1. The molecule has 0 heterocycles. The van der Waals surface area contributed by atoms with Crippen molar-refractivity contribution >= 4 is 0 Å². The van der Waals surface area contributed by atoms with Crippen LogP contribution in [0.5, 0.6) is 0 Å². The van der Waals surface area contributed by atoms with Gasteiger partial charge >= 0.3 is 0 Å². The summed E-state index contributed by atoms with van der Waals surface area (Å²) in [5.41, 5.74) is 0.593. The van der Waals surface area contributed by atoms with Gasteiger partial charge in [-0.15, -0.1) is 0 Å². The molecule has 2 heteroatoms. The largest absolute Gasteiger partial charge is 0.396 e. The summed E-state index contributed by atoms with van der Waals surface area (Å²) in [6, 6.07) is 0. The normalized spacial score (nSPS) is 20.8. The molecule has 13 heavy (non-hydrogen) atoms. The quantitative estimate of drug-likeness (QED) is 0.620. The molecule has 0 aromatic heterocycles. The van der Waals surface area contributed by atoms with Crippen molar-refractivity contribution < 1.29 is 5.11 Å². The molecule has 0 unspecified atom stereocenters. The van der Waals surface area contributed by atoms with E-state index in [0.717, 1.165) is 19.5 Å². The van der Waals surface area contributed by atoms with Gasteiger partial charge in [-0.25, -0.2) is 0 Å². The summed E-state index contributed by atoms with van der Waals surface area (Å²) < 4.78 is 0. The molecule has 1 fully saturated rings. The molecule has 2 nitrogen and oxygen atoms in total. The summed E-state index contributed by atoms with van der Waals surface area (Å²) in [5, 5.41) is 12.1. The number of nitrogens with one attached hydrogen (secondary N) is 1. The Morgan fingerprint density at radius 1 is 1.31 bits per heavy atom. The molecule has 1 aliphatic rings. The van der Waals surface area contributed by atoms with Crippen LogP contribution < -0.4 is 5.32 Å². The van der Waals surface area contributed by atoms with Crippen molar-refractivity contribution in [1.29, 1.82) is 0 Å². The lowest BCUT2D eigenvalue weighted by molar-refractivity contribution is 0.254. The molecule has 1 rings (SSSR count). The molecule has 0 amide bonds. The van der Waals surface area contributed by atoms with Crippen molar-refractivity contribution in [3.8, 4) is 0 Å². The predicted octanol–water partition coefficient (Wildman–Crippen LogP) is 1.93. The van der Waals surface area contributed by atoms with E-state index < -0.39 is 0 Å². The van der Waals surface area contributed by atoms with Gasteiger partial charge in [0, 0.05) is 13.2 Å². The van der Waals surface area contributed by atoms with Gasteiger partial charge in [-0.3, -0.25) is 0 Å². The highest BCUT2D eigenvalue weighted by atomic mass is 16.3. The van der Waals surface area contributed by atoms with E-state index in [9.17, 15) is 0 Å². The van der Waals surface area contributed by atoms with Gasteiger partial charge in [-0.1, -0.05) is 19.8 Å². The Labute approximate surface area is 81.7 Å². The van der Waals surface area contributed by atoms with Crippen LogP contribution in [0.2, 0.25) is 0 Å². The van der Waals surface area contributed by atoms with Gasteiger partial charge in [0.25, 0.3) is 0 Å². The molecule has 0 spiro atoms. The zero-order valence-corrected chi connectivity index (χ0v) is 8.81. The zero-order chi connectivity index (χ0) is 9.57. The van der Waals surface area contributed by atoms with E-state index in [0.29, 0.717) is 12.0 Å². The Kier molecular flexibility index (Phi) is 4.74. The molecule has 0 atom stereocenters. The van der Waals surface area contributed by atoms with Gasteiger partial charge in [0.1, 0.15) is 0 Å². The minimum absolute atomic E-state index is 0.312. The van der Waals surface area contributed by atoms with Crippen LogP contribution in [0.3, 0.4) is 0 Å². The van der Waals surface area contributed by atoms with E-state index in [-0.39, 0.29) is 0 Å². The molecule has 2 N–H and O–H groups in total. The monoisotopic (exact) mass is 185 g/mol. The lowest BCUT2D eigenvalue weighted by Gasteiger charge is -2.27. The summed E-state index contributed by atoms with van der Waals surface area (Å²) in [6.07, 6.45) is 7.81. The maximum atomic E-state index is 8.64. The molecule has 0 aromatic carbocycles. The lowest BCUT2D eigenvalue weighted by Crippen LogP contribution is -2.32. The molecular weight excluding hydrogens is 162 g/mol. The van der Waals surface area contributed by atoms with Crippen LogP contribution >= 0.6 is 0 Å². The number of hydrogen-bond donors (Lipinski definition) is 2. The fraction of sp³-hybridized carbons (Fsp3) is 1.00. The van der Waals surface area contributed by atoms with Crippen LogP contribution in [-0.2, 0) is 0 Å². The first-order chi connectivity index (χ1) is 6.33. The molecule has 1 aliphatic carbocycles. The van der Waals surface area contributed by atoms with E-state index in [1.165, 1.54) is 32.1 Å². The average Bonchev–Trinajstić information content (AvgIpc) is 2.62. The van der Waals surface area contributed by atoms with Crippen LogP contribution in [0.1, 0.15) is 45.4 Å². The van der Waals surface area contributed by atoms with Crippen LogP contribution in [0.4, 0.5) is 0 Å². The smallest absolute Gasteiger partial charge is 0.0443 e. The highest BCUT2D eigenvalue weighted by molar-refractivity contribution is 4.85. The Morgan fingerprint density at radius 3 is 2.54 bits per heavy atom. The van der Waals surface area contributed by atoms with Gasteiger partial charge in [0.2, 0.25) is 0 Å². The van der Waals surface area contributed by atoms with E-state index in [1.54, 1.807) is 0 Å². The van der Waals surface area contributed by atoms with Crippen molar-refractivity contribution in [3.05, 3.63) is 0 Å². The van der Waals surface area contributed by atoms with E-state index in [4.69, 9.17) is 5.11 Å². The minimum atomic E-state index is 0.312. The summed E-state index contributed by atoms with van der Waals surface area (Å²) in [5.74, 6) is 0. The van der Waals surface area contributed by atoms with Crippen LogP contribution in [0.15, 0.2) is 0 Å². The number of rotatable bonds is 6. The van der Waals surface area contributed by atoms with Crippen molar-refractivity contribution in [2.75, 3.05) is 19.7 Å². The first-order valence-corrected chi connectivity index (χ1v) is 5.64. The fourth-order valence-electron chi connectivity index (χ4n) is 2.34. The topological polar surface area (TPSA) is 32.3 Å². The summed E-state index contributed by atoms with van der Waals surface area (Å²) in [6.45, 7) is 4.74. The Morgan fingerprint density at radius 2 is 2.00 bits per heavy atom. The van der Waals surface area contributed by atoms with E-state index in [1.807, 2.05) is 0 Å². The summed E-state index contributed by atoms with van der Waals surface area (Å²) in [4.78, 5) is 0. The number of aliphatic hydroxyl groups excluding tert-OH is 1. The fourth-order valence-corrected chi connectivity index (χ4v) is 2.34. The predicted molar refractivity (Wildman–Crippen MR) is 55.8 cm³/mol. The van der Waals surface area contributed by atoms with E-state index >= 15 is 0 Å². The van der Waals surface area contributed by atoms with Crippen LogP contribution in [-0.4, -0.2) is 24.8 Å². The van der Waals surface area contributed by atoms with Gasteiger partial charge in [-0.05, 0) is 37.6 Å². The van der Waals surface area contributed by atoms with Crippen molar-refractivity contribution in [3.63, 3.8) is 0 Å². The first kappa shape index (κ1) is 11.0. The summed E-state index contributed by atoms with van der Waals surface area (Å²) in [7, 11) is 0. The second-order valence-electron chi connectivity index (χ2n) is 4.31. The maximum Gasteiger partial charge on any atom is 0.0443 e. The third kappa shape index (κ3) is 3.28. The highest BCUT2D eigenvalue weighted by Crippen LogP contribution is 2.40. The zero-order valence-electron chi connectivity index (χ0n) is 8.81. The second kappa shape index (κ2) is 5.61. The van der Waals surface area contributed by atoms with Gasteiger partial charge < -0.3 is 10.4 Å². The molecule has 0 radical (unpaired) electrons. The van der Waals surface area contributed by atoms with Crippen molar-refractivity contribution in [2.24, 2.45) is 5.41 Å². The molecule has 1 saturated carbocycles. The Bertz CT molecular complexity index is 130. The van der Waals surface area contributed by atoms with Gasteiger partial charge in [0.15, 0.2) is 0 Å². The minimum Gasteiger partial charge on any atom is -0.396 e. The van der Waals surface area contributed by atoms with Crippen LogP contribution in [0, 0.1) is 5.41 Å². The third-order valence-electron chi connectivity index (χ3n) is 3.43. The standard InChI is InChI=1S/C11H23NO/c1-2-11(6-3-4-7-11)10-12-8-5-9-13/h12-13H,2-10H2,1H3. The molecule has 0 aromatic rings. The highest BCUT2D eigenvalue weighted by Gasteiger charge is 2.30. The average molecular weight is 185 g/mol. The van der Waals surface area contributed by atoms with Crippen LogP contribution in [0.25, 0.3) is 0 Å². The lowest BCUT2D eigenvalue weighted by atomic mass is 9.83. The van der Waals surface area contributed by atoms with Crippen molar-refractivity contribution in [2.45, 2.75) is 45.4 Å². The molecule has 0 aliphatic heterocycles. The van der Waals surface area contributed by atoms with Crippen molar-refractivity contribution in [1.82, 2.24) is 5.32 Å². The SMILES string of the molecule is CCC1(CNCCCO)CCCC1. The molecule has 0 saturated heterocycles. The molecular formula is C11H23NO. The number of hydrogen-bond acceptors (Lipinski definition) is 2. The molecule has 78 valence electrons. The Balaban J connectivity index is 2.16. The van der Waals surface area contributed by atoms with E-state index in [2.05, 4.69) is 12.2 Å². The Hall–Kier alpha value is -0.0800. The summed E-state index contributed by atoms with van der Waals surface area (Å²) >= 11 is 0. The third-order valence-corrected chi connectivity index (χ3v) is 3.43. The molecule has 0 bridgehead atoms.